The molecule has 0 spiro atoms. The fourth-order valence-electron chi connectivity index (χ4n) is 1.08. The standard InChI is InChI=1S/C12H17NO3/c1-9(2)13(3)12(14)16-11-8-6-5-7-10(11)15-4/h5-9H,1-4H3. The highest BCUT2D eigenvalue weighted by molar-refractivity contribution is 5.71. The molecule has 0 aliphatic rings. The van der Waals surface area contributed by atoms with E-state index >= 15 is 0 Å². The first-order valence-corrected chi connectivity index (χ1v) is 5.14. The highest BCUT2D eigenvalue weighted by Gasteiger charge is 2.15. The van der Waals surface area contributed by atoms with E-state index in [0.717, 1.165) is 0 Å². The molecule has 0 heterocycles. The summed E-state index contributed by atoms with van der Waals surface area (Å²) in [7, 11) is 3.24. The molecular weight excluding hydrogens is 206 g/mol. The lowest BCUT2D eigenvalue weighted by Gasteiger charge is -2.21. The highest BCUT2D eigenvalue weighted by atomic mass is 16.6. The van der Waals surface area contributed by atoms with E-state index in [-0.39, 0.29) is 12.1 Å². The first-order valence-electron chi connectivity index (χ1n) is 5.14. The molecule has 0 aromatic heterocycles. The van der Waals surface area contributed by atoms with Gasteiger partial charge < -0.3 is 14.4 Å². The summed E-state index contributed by atoms with van der Waals surface area (Å²) in [5.41, 5.74) is 0. The number of nitrogens with zero attached hydrogens (tertiary/aromatic N) is 1. The van der Waals surface area contributed by atoms with Crippen LogP contribution < -0.4 is 9.47 Å². The number of benzene rings is 1. The molecule has 0 bridgehead atoms. The Hall–Kier alpha value is -1.71. The number of hydrogen-bond acceptors (Lipinski definition) is 3. The van der Waals surface area contributed by atoms with Gasteiger partial charge in [-0.3, -0.25) is 0 Å². The molecular formula is C12H17NO3. The minimum atomic E-state index is -0.389. The van der Waals surface area contributed by atoms with Crippen molar-refractivity contribution < 1.29 is 14.3 Å². The molecule has 1 aromatic rings. The predicted molar refractivity (Wildman–Crippen MR) is 61.9 cm³/mol. The lowest BCUT2D eigenvalue weighted by Crippen LogP contribution is -2.35. The van der Waals surface area contributed by atoms with Crippen LogP contribution in [0.5, 0.6) is 11.5 Å². The van der Waals surface area contributed by atoms with Crippen molar-refractivity contribution in [2.45, 2.75) is 19.9 Å². The Balaban J connectivity index is 2.76. The maximum Gasteiger partial charge on any atom is 0.415 e. The third-order valence-corrected chi connectivity index (χ3v) is 2.33. The summed E-state index contributed by atoms with van der Waals surface area (Å²) in [6.07, 6.45) is -0.389. The number of hydrogen-bond donors (Lipinski definition) is 0. The van der Waals surface area contributed by atoms with Crippen LogP contribution in [0.3, 0.4) is 0 Å². The second-order valence-corrected chi connectivity index (χ2v) is 3.72. The van der Waals surface area contributed by atoms with Gasteiger partial charge in [0.05, 0.1) is 7.11 Å². The summed E-state index contributed by atoms with van der Waals surface area (Å²) in [4.78, 5) is 13.2. The van der Waals surface area contributed by atoms with Gasteiger partial charge in [-0.2, -0.15) is 0 Å². The number of amides is 1. The van der Waals surface area contributed by atoms with Crippen molar-refractivity contribution in [3.05, 3.63) is 24.3 Å². The second-order valence-electron chi connectivity index (χ2n) is 3.72. The monoisotopic (exact) mass is 223 g/mol. The summed E-state index contributed by atoms with van der Waals surface area (Å²) in [6, 6.07) is 7.16. The highest BCUT2D eigenvalue weighted by Crippen LogP contribution is 2.26. The van der Waals surface area contributed by atoms with Crippen LogP contribution in [0.2, 0.25) is 0 Å². The number of carbonyl (C=O) groups is 1. The molecule has 1 aromatic carbocycles. The summed E-state index contributed by atoms with van der Waals surface area (Å²) < 4.78 is 10.3. The van der Waals surface area contributed by atoms with Crippen LogP contribution in [0.1, 0.15) is 13.8 Å². The van der Waals surface area contributed by atoms with Gasteiger partial charge in [0.1, 0.15) is 0 Å². The summed E-state index contributed by atoms with van der Waals surface area (Å²) in [5, 5.41) is 0. The molecule has 4 nitrogen and oxygen atoms in total. The molecule has 0 N–H and O–H groups in total. The number of ether oxygens (including phenoxy) is 2. The Bertz CT molecular complexity index is 363. The molecule has 0 aliphatic heterocycles. The summed E-state index contributed by atoms with van der Waals surface area (Å²) in [6.45, 7) is 3.84. The van der Waals surface area contributed by atoms with Crippen LogP contribution in [0.15, 0.2) is 24.3 Å². The first kappa shape index (κ1) is 12.4. The average molecular weight is 223 g/mol. The van der Waals surface area contributed by atoms with Crippen LogP contribution in [0.4, 0.5) is 4.79 Å². The van der Waals surface area contributed by atoms with E-state index in [0.29, 0.717) is 11.5 Å². The molecule has 0 saturated carbocycles. The van der Waals surface area contributed by atoms with E-state index in [9.17, 15) is 4.79 Å². The lowest BCUT2D eigenvalue weighted by atomic mass is 10.3. The SMILES string of the molecule is COc1ccccc1OC(=O)N(C)C(C)C. The van der Waals surface area contributed by atoms with Gasteiger partial charge in [0.2, 0.25) is 0 Å². The topological polar surface area (TPSA) is 38.8 Å². The fraction of sp³-hybridized carbons (Fsp3) is 0.417. The number of para-hydroxylation sites is 2. The Morgan fingerprint density at radius 2 is 1.81 bits per heavy atom. The van der Waals surface area contributed by atoms with E-state index < -0.39 is 0 Å². The number of methoxy groups -OCH3 is 1. The molecule has 0 fully saturated rings. The molecule has 1 rings (SSSR count). The molecule has 88 valence electrons. The zero-order valence-electron chi connectivity index (χ0n) is 10.1. The molecule has 0 saturated heterocycles. The molecule has 4 heteroatoms. The van der Waals surface area contributed by atoms with Crippen LogP contribution in [0, 0.1) is 0 Å². The maximum absolute atomic E-state index is 11.7. The van der Waals surface area contributed by atoms with Gasteiger partial charge in [-0.25, -0.2) is 4.79 Å². The van der Waals surface area contributed by atoms with E-state index in [4.69, 9.17) is 9.47 Å². The van der Waals surface area contributed by atoms with Crippen molar-refractivity contribution >= 4 is 6.09 Å². The van der Waals surface area contributed by atoms with Crippen molar-refractivity contribution in [3.63, 3.8) is 0 Å². The molecule has 1 amide bonds. The zero-order chi connectivity index (χ0) is 12.1. The molecule has 0 radical (unpaired) electrons. The second kappa shape index (κ2) is 5.39. The normalized spacial score (nSPS) is 10.1. The molecule has 16 heavy (non-hydrogen) atoms. The van der Waals surface area contributed by atoms with Crippen molar-refractivity contribution in [3.8, 4) is 11.5 Å². The van der Waals surface area contributed by atoms with Gasteiger partial charge in [0.25, 0.3) is 0 Å². The van der Waals surface area contributed by atoms with E-state index in [1.165, 1.54) is 4.90 Å². The smallest absolute Gasteiger partial charge is 0.415 e. The van der Waals surface area contributed by atoms with Gasteiger partial charge in [-0.1, -0.05) is 12.1 Å². The fourth-order valence-corrected chi connectivity index (χ4v) is 1.08. The van der Waals surface area contributed by atoms with Crippen molar-refractivity contribution in [2.75, 3.05) is 14.2 Å². The van der Waals surface area contributed by atoms with Gasteiger partial charge in [0.15, 0.2) is 11.5 Å². The molecule has 0 atom stereocenters. The van der Waals surface area contributed by atoms with E-state index in [2.05, 4.69) is 0 Å². The average Bonchev–Trinajstić information content (AvgIpc) is 2.28. The first-order chi connectivity index (χ1) is 7.56. The lowest BCUT2D eigenvalue weighted by molar-refractivity contribution is 0.150. The zero-order valence-corrected chi connectivity index (χ0v) is 10.1. The summed E-state index contributed by atoms with van der Waals surface area (Å²) >= 11 is 0. The Morgan fingerprint density at radius 3 is 2.31 bits per heavy atom. The third kappa shape index (κ3) is 2.89. The van der Waals surface area contributed by atoms with Gasteiger partial charge in [-0.05, 0) is 26.0 Å². The molecule has 0 aliphatic carbocycles. The molecule has 0 unspecified atom stereocenters. The Kier molecular flexibility index (Phi) is 4.17. The van der Waals surface area contributed by atoms with Crippen molar-refractivity contribution in [1.82, 2.24) is 4.90 Å². The van der Waals surface area contributed by atoms with Crippen molar-refractivity contribution in [2.24, 2.45) is 0 Å². The van der Waals surface area contributed by atoms with Crippen LogP contribution in [-0.4, -0.2) is 31.2 Å². The van der Waals surface area contributed by atoms with E-state index in [1.807, 2.05) is 19.9 Å². The van der Waals surface area contributed by atoms with Crippen LogP contribution in [-0.2, 0) is 0 Å². The minimum absolute atomic E-state index is 0.0993. The van der Waals surface area contributed by atoms with Crippen LogP contribution >= 0.6 is 0 Å². The predicted octanol–water partition coefficient (Wildman–Crippen LogP) is 2.53. The number of carbonyl (C=O) groups excluding carboxylic acids is 1. The van der Waals surface area contributed by atoms with E-state index in [1.54, 1.807) is 32.4 Å². The largest absolute Gasteiger partial charge is 0.493 e. The Labute approximate surface area is 95.8 Å². The van der Waals surface area contributed by atoms with Gasteiger partial charge in [-0.15, -0.1) is 0 Å². The summed E-state index contributed by atoms with van der Waals surface area (Å²) in [5.74, 6) is 0.982. The third-order valence-electron chi connectivity index (χ3n) is 2.33. The van der Waals surface area contributed by atoms with Crippen LogP contribution in [0.25, 0.3) is 0 Å². The van der Waals surface area contributed by atoms with Gasteiger partial charge in [0, 0.05) is 13.1 Å². The van der Waals surface area contributed by atoms with Crippen molar-refractivity contribution in [1.29, 1.82) is 0 Å². The quantitative estimate of drug-likeness (QED) is 0.790. The maximum atomic E-state index is 11.7. The minimum Gasteiger partial charge on any atom is -0.493 e. The van der Waals surface area contributed by atoms with Gasteiger partial charge >= 0.3 is 6.09 Å². The Morgan fingerprint density at radius 1 is 1.25 bits per heavy atom. The number of rotatable bonds is 3.